The van der Waals surface area contributed by atoms with Crippen LogP contribution in [0.5, 0.6) is 0 Å². The number of aryl methyl sites for hydroxylation is 1. The van der Waals surface area contributed by atoms with Crippen LogP contribution in [0.3, 0.4) is 0 Å². The molecular weight excluding hydrogens is 345 g/mol. The standard InChI is InChI=1S/C18H13F3N4O/c1-8-6-10(19)14(16(21)15(8)20)17-22-4-3-12(25-17)13-7-9-11(24-13)2-5-23-18(9)26/h3-4,6-7,24H,2,5H2,1H3,(H,23,26). The molecule has 0 spiro atoms. The molecule has 8 heteroatoms. The Labute approximate surface area is 146 Å². The monoisotopic (exact) mass is 358 g/mol. The van der Waals surface area contributed by atoms with Crippen LogP contribution in [-0.4, -0.2) is 27.4 Å². The fourth-order valence-electron chi connectivity index (χ4n) is 2.98. The summed E-state index contributed by atoms with van der Waals surface area (Å²) < 4.78 is 42.3. The van der Waals surface area contributed by atoms with E-state index >= 15 is 0 Å². The lowest BCUT2D eigenvalue weighted by Crippen LogP contribution is -2.31. The van der Waals surface area contributed by atoms with Gasteiger partial charge in [-0.3, -0.25) is 4.79 Å². The highest BCUT2D eigenvalue weighted by Crippen LogP contribution is 2.29. The number of hydrogen-bond donors (Lipinski definition) is 2. The summed E-state index contributed by atoms with van der Waals surface area (Å²) in [4.78, 5) is 23.0. The normalized spacial score (nSPS) is 13.5. The van der Waals surface area contributed by atoms with E-state index < -0.39 is 23.0 Å². The maximum absolute atomic E-state index is 14.2. The van der Waals surface area contributed by atoms with Crippen molar-refractivity contribution < 1.29 is 18.0 Å². The molecule has 1 aliphatic heterocycles. The summed E-state index contributed by atoms with van der Waals surface area (Å²) in [7, 11) is 0. The van der Waals surface area contributed by atoms with E-state index in [1.807, 2.05) is 0 Å². The minimum absolute atomic E-state index is 0.136. The number of hydrogen-bond acceptors (Lipinski definition) is 3. The second kappa shape index (κ2) is 5.98. The van der Waals surface area contributed by atoms with Crippen LogP contribution in [0.4, 0.5) is 13.2 Å². The molecule has 0 atom stereocenters. The van der Waals surface area contributed by atoms with E-state index in [1.54, 1.807) is 12.1 Å². The molecule has 5 nitrogen and oxygen atoms in total. The van der Waals surface area contributed by atoms with Gasteiger partial charge in [0, 0.05) is 24.9 Å². The van der Waals surface area contributed by atoms with Crippen molar-refractivity contribution in [2.24, 2.45) is 0 Å². The molecule has 0 saturated carbocycles. The lowest BCUT2D eigenvalue weighted by molar-refractivity contribution is 0.0946. The number of benzene rings is 1. The molecule has 1 amide bonds. The molecule has 132 valence electrons. The Balaban J connectivity index is 1.82. The van der Waals surface area contributed by atoms with Gasteiger partial charge in [-0.15, -0.1) is 0 Å². The van der Waals surface area contributed by atoms with E-state index in [4.69, 9.17) is 0 Å². The van der Waals surface area contributed by atoms with E-state index in [1.165, 1.54) is 13.1 Å². The lowest BCUT2D eigenvalue weighted by Gasteiger charge is -2.10. The Hall–Kier alpha value is -3.16. The van der Waals surface area contributed by atoms with Crippen molar-refractivity contribution in [3.05, 3.63) is 58.7 Å². The number of amides is 1. The topological polar surface area (TPSA) is 70.7 Å². The third kappa shape index (κ3) is 2.54. The molecule has 3 heterocycles. The fourth-order valence-corrected chi connectivity index (χ4v) is 2.98. The van der Waals surface area contributed by atoms with Crippen LogP contribution >= 0.6 is 0 Å². The van der Waals surface area contributed by atoms with Gasteiger partial charge in [0.2, 0.25) is 0 Å². The summed E-state index contributed by atoms with van der Waals surface area (Å²) in [5.74, 6) is -3.87. The minimum atomic E-state index is -1.33. The van der Waals surface area contributed by atoms with Crippen LogP contribution in [0.1, 0.15) is 21.6 Å². The summed E-state index contributed by atoms with van der Waals surface area (Å²) >= 11 is 0. The maximum atomic E-state index is 14.2. The first-order valence-corrected chi connectivity index (χ1v) is 7.93. The number of halogens is 3. The van der Waals surface area contributed by atoms with Crippen molar-refractivity contribution in [3.63, 3.8) is 0 Å². The van der Waals surface area contributed by atoms with Gasteiger partial charge in [0.25, 0.3) is 5.91 Å². The van der Waals surface area contributed by atoms with Gasteiger partial charge in [0.1, 0.15) is 5.82 Å². The van der Waals surface area contributed by atoms with Crippen molar-refractivity contribution in [2.75, 3.05) is 6.54 Å². The first kappa shape index (κ1) is 16.3. The van der Waals surface area contributed by atoms with Gasteiger partial charge < -0.3 is 10.3 Å². The molecule has 1 aliphatic rings. The molecule has 1 aromatic carbocycles. The molecule has 0 bridgehead atoms. The van der Waals surface area contributed by atoms with E-state index in [9.17, 15) is 18.0 Å². The number of rotatable bonds is 2. The van der Waals surface area contributed by atoms with Crippen molar-refractivity contribution in [1.29, 1.82) is 0 Å². The molecular formula is C18H13F3N4O. The summed E-state index contributed by atoms with van der Waals surface area (Å²) in [6.07, 6.45) is 1.97. The number of aromatic nitrogens is 3. The van der Waals surface area contributed by atoms with Gasteiger partial charge in [-0.05, 0) is 30.7 Å². The highest BCUT2D eigenvalue weighted by molar-refractivity contribution is 5.97. The molecule has 4 rings (SSSR count). The Bertz CT molecular complexity index is 1050. The summed E-state index contributed by atoms with van der Waals surface area (Å²) in [6, 6.07) is 4.07. The summed E-state index contributed by atoms with van der Waals surface area (Å²) in [6.45, 7) is 1.80. The molecule has 3 aromatic rings. The van der Waals surface area contributed by atoms with Gasteiger partial charge in [-0.1, -0.05) is 0 Å². The van der Waals surface area contributed by atoms with E-state index in [-0.39, 0.29) is 17.3 Å². The first-order chi connectivity index (χ1) is 12.5. The van der Waals surface area contributed by atoms with Crippen molar-refractivity contribution in [1.82, 2.24) is 20.3 Å². The lowest BCUT2D eigenvalue weighted by atomic mass is 10.1. The largest absolute Gasteiger partial charge is 0.356 e. The zero-order valence-electron chi connectivity index (χ0n) is 13.7. The van der Waals surface area contributed by atoms with Gasteiger partial charge in [0.15, 0.2) is 17.5 Å². The van der Waals surface area contributed by atoms with E-state index in [2.05, 4.69) is 20.3 Å². The van der Waals surface area contributed by atoms with Crippen molar-refractivity contribution >= 4 is 5.91 Å². The van der Waals surface area contributed by atoms with Crippen LogP contribution in [0.15, 0.2) is 24.4 Å². The smallest absolute Gasteiger partial charge is 0.253 e. The predicted molar refractivity (Wildman–Crippen MR) is 87.9 cm³/mol. The molecule has 0 saturated heterocycles. The molecule has 2 aromatic heterocycles. The molecule has 0 aliphatic carbocycles. The number of nitrogens with one attached hydrogen (secondary N) is 2. The van der Waals surface area contributed by atoms with Gasteiger partial charge >= 0.3 is 0 Å². The van der Waals surface area contributed by atoms with Crippen LogP contribution in [0.25, 0.3) is 22.8 Å². The quantitative estimate of drug-likeness (QED) is 0.692. The van der Waals surface area contributed by atoms with Gasteiger partial charge in [-0.2, -0.15) is 0 Å². The highest BCUT2D eigenvalue weighted by atomic mass is 19.2. The van der Waals surface area contributed by atoms with Gasteiger partial charge in [0.05, 0.1) is 22.5 Å². The van der Waals surface area contributed by atoms with E-state index in [0.717, 1.165) is 11.8 Å². The minimum Gasteiger partial charge on any atom is -0.356 e. The SMILES string of the molecule is Cc1cc(F)c(-c2nccc(-c3cc4c([nH]3)CCNC4=O)n2)c(F)c1F. The zero-order valence-corrected chi connectivity index (χ0v) is 13.7. The van der Waals surface area contributed by atoms with Crippen LogP contribution in [0.2, 0.25) is 0 Å². The number of carbonyl (C=O) groups excluding carboxylic acids is 1. The number of aromatic amines is 1. The average Bonchev–Trinajstić information content (AvgIpc) is 3.06. The third-order valence-corrected chi connectivity index (χ3v) is 4.30. The number of carbonyl (C=O) groups is 1. The van der Waals surface area contributed by atoms with Crippen LogP contribution < -0.4 is 5.32 Å². The predicted octanol–water partition coefficient (Wildman–Crippen LogP) is 3.15. The third-order valence-electron chi connectivity index (χ3n) is 4.30. The highest BCUT2D eigenvalue weighted by Gasteiger charge is 2.23. The van der Waals surface area contributed by atoms with Crippen LogP contribution in [0, 0.1) is 24.4 Å². The second-order valence-corrected chi connectivity index (χ2v) is 6.02. The number of nitrogens with zero attached hydrogens (tertiary/aromatic N) is 2. The first-order valence-electron chi connectivity index (χ1n) is 7.93. The summed E-state index contributed by atoms with van der Waals surface area (Å²) in [5.41, 5.74) is 1.38. The number of H-pyrrole nitrogens is 1. The average molecular weight is 358 g/mol. The number of fused-ring (bicyclic) bond motifs is 1. The van der Waals surface area contributed by atoms with Crippen LogP contribution in [-0.2, 0) is 6.42 Å². The second-order valence-electron chi connectivity index (χ2n) is 6.02. The van der Waals surface area contributed by atoms with Crippen molar-refractivity contribution in [2.45, 2.75) is 13.3 Å². The Morgan fingerprint density at radius 3 is 2.73 bits per heavy atom. The molecule has 0 fully saturated rings. The van der Waals surface area contributed by atoms with E-state index in [0.29, 0.717) is 29.9 Å². The Morgan fingerprint density at radius 2 is 1.96 bits per heavy atom. The fraction of sp³-hybridized carbons (Fsp3) is 0.167. The zero-order chi connectivity index (χ0) is 18.4. The maximum Gasteiger partial charge on any atom is 0.253 e. The molecule has 2 N–H and O–H groups in total. The Morgan fingerprint density at radius 1 is 1.15 bits per heavy atom. The summed E-state index contributed by atoms with van der Waals surface area (Å²) in [5, 5.41) is 2.73. The molecule has 0 radical (unpaired) electrons. The molecule has 0 unspecified atom stereocenters. The Kier molecular flexibility index (Phi) is 3.75. The van der Waals surface area contributed by atoms with Gasteiger partial charge in [-0.25, -0.2) is 23.1 Å². The molecule has 26 heavy (non-hydrogen) atoms. The van der Waals surface area contributed by atoms with Crippen molar-refractivity contribution in [3.8, 4) is 22.8 Å².